The average Bonchev–Trinajstić information content (AvgIpc) is 2.75. The molecule has 1 heterocycles. The Balaban J connectivity index is 0.000000262. The van der Waals surface area contributed by atoms with Crippen LogP contribution in [0.25, 0.3) is 0 Å². The second kappa shape index (κ2) is 9.91. The molecule has 21 heavy (non-hydrogen) atoms. The number of halogens is 2. The second-order valence-corrected chi connectivity index (χ2v) is 10.9. The molecule has 1 fully saturated rings. The fourth-order valence-corrected chi connectivity index (χ4v) is 3.64. The van der Waals surface area contributed by atoms with E-state index in [0.29, 0.717) is 0 Å². The monoisotopic (exact) mass is 420 g/mol. The number of rotatable bonds is 3. The van der Waals surface area contributed by atoms with E-state index < -0.39 is 13.5 Å². The fourth-order valence-electron chi connectivity index (χ4n) is 1.82. The molecule has 1 aromatic rings. The molecular weight excluding hydrogens is 396 g/mol. The van der Waals surface area contributed by atoms with Crippen molar-refractivity contribution < 1.29 is 18.3 Å². The summed E-state index contributed by atoms with van der Waals surface area (Å²) in [7, 11) is 15.8. The molecule has 0 aromatic heterocycles. The predicted molar refractivity (Wildman–Crippen MR) is 89.7 cm³/mol. The van der Waals surface area contributed by atoms with Gasteiger partial charge in [-0.1, -0.05) is 0 Å². The van der Waals surface area contributed by atoms with Gasteiger partial charge in [-0.3, -0.25) is 0 Å². The number of para-hydroxylation sites is 1. The van der Waals surface area contributed by atoms with Crippen molar-refractivity contribution >= 4 is 24.0 Å². The number of likely N-dealkylation sites (N-methyl/N-ethyl adjacent to an activating group) is 2. The van der Waals surface area contributed by atoms with Gasteiger partial charge < -0.3 is 9.80 Å². The SMILES string of the molecule is CC(C)[OH+]c1ccccc1[CH]=[Ru]([Cl])[Cl].CN1[CH-]N(C)CC1. The molecule has 0 atom stereocenters. The van der Waals surface area contributed by atoms with Crippen LogP contribution in [0, 0.1) is 6.67 Å². The van der Waals surface area contributed by atoms with Gasteiger partial charge in [-0.25, -0.2) is 6.67 Å². The molecule has 1 saturated heterocycles. The first-order valence-corrected chi connectivity index (χ1v) is 12.2. The van der Waals surface area contributed by atoms with Gasteiger partial charge in [0.15, 0.2) is 0 Å². The second-order valence-electron chi connectivity index (χ2n) is 5.17. The zero-order chi connectivity index (χ0) is 15.8. The van der Waals surface area contributed by atoms with Crippen molar-refractivity contribution in [2.24, 2.45) is 0 Å². The maximum absolute atomic E-state index is 5.83. The minimum atomic E-state index is -1.75. The number of benzene rings is 1. The molecule has 0 spiro atoms. The first-order chi connectivity index (χ1) is 9.88. The standard InChI is InChI=1S/C10H12O.C5H11N2.2ClH.Ru/c1-8(2)11-10-7-5-4-6-9(10)3;1-6-3-4-7(2)5-6;;;/h3-8H,1-2H3;5H,3-4H2,1-2H3;2*1H;/q;-1;;;+2/p-1. The normalized spacial score (nSPS) is 16.4. The Kier molecular flexibility index (Phi) is 9.00. The van der Waals surface area contributed by atoms with E-state index in [0.717, 1.165) is 11.3 Å². The number of hydrogen-bond acceptors (Lipinski definition) is 2. The molecule has 0 amide bonds. The van der Waals surface area contributed by atoms with Crippen LogP contribution >= 0.6 is 19.4 Å². The summed E-state index contributed by atoms with van der Waals surface area (Å²) >= 11 is -1.75. The number of aliphatic hydroxyl groups is 1. The van der Waals surface area contributed by atoms with E-state index in [1.807, 2.05) is 42.7 Å². The fraction of sp³-hybridized carbons (Fsp3) is 0.467. The van der Waals surface area contributed by atoms with Crippen LogP contribution in [0.5, 0.6) is 5.75 Å². The van der Waals surface area contributed by atoms with Crippen molar-refractivity contribution in [3.8, 4) is 5.75 Å². The van der Waals surface area contributed by atoms with E-state index in [9.17, 15) is 0 Å². The molecule has 0 bridgehead atoms. The first-order valence-electron chi connectivity index (χ1n) is 6.77. The Bertz CT molecular complexity index is 457. The zero-order valence-corrected chi connectivity index (χ0v) is 16.2. The van der Waals surface area contributed by atoms with Crippen LogP contribution in [-0.2, 0) is 13.5 Å². The van der Waals surface area contributed by atoms with Gasteiger partial charge in [0.2, 0.25) is 0 Å². The van der Waals surface area contributed by atoms with Gasteiger partial charge in [0.05, 0.1) is 0 Å². The van der Waals surface area contributed by atoms with Crippen molar-refractivity contribution in [1.82, 2.24) is 9.80 Å². The topological polar surface area (TPSA) is 19.3 Å². The van der Waals surface area contributed by atoms with E-state index in [2.05, 4.69) is 35.3 Å². The average molecular weight is 420 g/mol. The van der Waals surface area contributed by atoms with Crippen molar-refractivity contribution in [3.05, 3.63) is 36.5 Å². The van der Waals surface area contributed by atoms with Gasteiger partial charge in [-0.15, -0.1) is 0 Å². The van der Waals surface area contributed by atoms with Crippen LogP contribution in [0.4, 0.5) is 0 Å². The molecule has 0 radical (unpaired) electrons. The van der Waals surface area contributed by atoms with Crippen LogP contribution < -0.4 is 0 Å². The molecule has 1 aliphatic heterocycles. The summed E-state index contributed by atoms with van der Waals surface area (Å²) in [6.45, 7) is 8.56. The first kappa shape index (κ1) is 19.1. The molecule has 0 aliphatic carbocycles. The quantitative estimate of drug-likeness (QED) is 0.424. The molecule has 0 saturated carbocycles. The van der Waals surface area contributed by atoms with Crippen molar-refractivity contribution in [3.63, 3.8) is 0 Å². The molecular formula is C15H24Cl2N2ORu. The van der Waals surface area contributed by atoms with Crippen molar-refractivity contribution in [2.45, 2.75) is 20.0 Å². The zero-order valence-electron chi connectivity index (χ0n) is 12.9. The Hall–Kier alpha value is 0.0134. The van der Waals surface area contributed by atoms with E-state index in [4.69, 9.17) is 19.4 Å². The molecule has 1 N–H and O–H groups in total. The molecule has 0 unspecified atom stereocenters. The van der Waals surface area contributed by atoms with Crippen LogP contribution in [0.3, 0.4) is 0 Å². The van der Waals surface area contributed by atoms with Gasteiger partial charge in [-0.2, -0.15) is 0 Å². The largest absolute Gasteiger partial charge is 0.444 e. The summed E-state index contributed by atoms with van der Waals surface area (Å²) in [5, 5.41) is 0. The maximum atomic E-state index is 5.83. The Morgan fingerprint density at radius 1 is 1.19 bits per heavy atom. The van der Waals surface area contributed by atoms with Gasteiger partial charge in [0.1, 0.15) is 0 Å². The summed E-state index contributed by atoms with van der Waals surface area (Å²) in [6, 6.07) is 7.92. The van der Waals surface area contributed by atoms with E-state index in [1.54, 1.807) is 0 Å². The molecule has 2 rings (SSSR count). The molecule has 1 aliphatic rings. The molecule has 6 heteroatoms. The summed E-state index contributed by atoms with van der Waals surface area (Å²) in [5.74, 6) is 0.975. The van der Waals surface area contributed by atoms with Crippen LogP contribution in [0.1, 0.15) is 19.4 Å². The summed E-state index contributed by atoms with van der Waals surface area (Å²) in [5.41, 5.74) is 1.05. The van der Waals surface area contributed by atoms with E-state index in [1.165, 1.54) is 13.1 Å². The van der Waals surface area contributed by atoms with Crippen molar-refractivity contribution in [2.75, 3.05) is 27.2 Å². The summed E-state index contributed by atoms with van der Waals surface area (Å²) in [4.78, 5) is 4.36. The van der Waals surface area contributed by atoms with Crippen LogP contribution in [0.2, 0.25) is 0 Å². The molecule has 122 valence electrons. The number of ether oxygens (including phenoxy) is 1. The summed E-state index contributed by atoms with van der Waals surface area (Å²) in [6.07, 6.45) is 0.288. The number of hydrogen-bond donors (Lipinski definition) is 0. The van der Waals surface area contributed by atoms with Crippen molar-refractivity contribution in [1.29, 1.82) is 0 Å². The molecule has 3 nitrogen and oxygen atoms in total. The maximum Gasteiger partial charge on any atom is -0.0187 e. The van der Waals surface area contributed by atoms with Gasteiger partial charge in [0.25, 0.3) is 0 Å². The van der Waals surface area contributed by atoms with Gasteiger partial charge in [-0.05, 0) is 27.2 Å². The Labute approximate surface area is 141 Å². The third kappa shape index (κ3) is 8.28. The third-order valence-corrected chi connectivity index (χ3v) is 4.55. The van der Waals surface area contributed by atoms with Gasteiger partial charge in [0, 0.05) is 0 Å². The van der Waals surface area contributed by atoms with Gasteiger partial charge >= 0.3 is 97.8 Å². The number of nitrogens with zero attached hydrogens (tertiary/aromatic N) is 2. The Morgan fingerprint density at radius 3 is 2.19 bits per heavy atom. The van der Waals surface area contributed by atoms with E-state index in [-0.39, 0.29) is 6.10 Å². The molecule has 1 aromatic carbocycles. The van der Waals surface area contributed by atoms with E-state index >= 15 is 0 Å². The predicted octanol–water partition coefficient (Wildman–Crippen LogP) is 3.40. The van der Waals surface area contributed by atoms with Crippen LogP contribution in [0.15, 0.2) is 24.3 Å². The van der Waals surface area contributed by atoms with Crippen LogP contribution in [-0.4, -0.2) is 52.4 Å². The minimum Gasteiger partial charge on any atom is -0.444 e. The smallest absolute Gasteiger partial charge is 0.0187 e. The number of aromatic hydroxyl groups is 1. The summed E-state index contributed by atoms with van der Waals surface area (Å²) < 4.78 is 6.41. The Morgan fingerprint density at radius 2 is 1.76 bits per heavy atom. The minimum absolute atomic E-state index is 0.288. The third-order valence-electron chi connectivity index (χ3n) is 2.72.